The Bertz CT molecular complexity index is 505. The third-order valence-electron chi connectivity index (χ3n) is 2.60. The van der Waals surface area contributed by atoms with Crippen LogP contribution in [-0.4, -0.2) is 0 Å². The van der Waals surface area contributed by atoms with Crippen molar-refractivity contribution in [1.82, 2.24) is 5.43 Å². The summed E-state index contributed by atoms with van der Waals surface area (Å²) in [6.45, 7) is 0. The molecule has 0 radical (unpaired) electrons. The number of thiophene rings is 1. The average Bonchev–Trinajstić information content (AvgIpc) is 2.85. The molecule has 0 aliphatic carbocycles. The van der Waals surface area contributed by atoms with Gasteiger partial charge in [0.25, 0.3) is 0 Å². The molecule has 1 heterocycles. The predicted octanol–water partition coefficient (Wildman–Crippen LogP) is 2.91. The highest BCUT2D eigenvalue weighted by atomic mass is 32.1. The van der Waals surface area contributed by atoms with Gasteiger partial charge in [-0.15, -0.1) is 11.3 Å². The first-order valence-electron chi connectivity index (χ1n) is 5.24. The zero-order valence-corrected chi connectivity index (χ0v) is 10.1. The van der Waals surface area contributed by atoms with Crippen LogP contribution in [0.3, 0.4) is 0 Å². The Morgan fingerprint density at radius 3 is 2.39 bits per heavy atom. The largest absolute Gasteiger partial charge is 0.271 e. The van der Waals surface area contributed by atoms with E-state index in [0.717, 1.165) is 17.0 Å². The Kier molecular flexibility index (Phi) is 4.00. The van der Waals surface area contributed by atoms with Crippen LogP contribution in [0.15, 0.2) is 29.6 Å². The van der Waals surface area contributed by atoms with Gasteiger partial charge >= 0.3 is 0 Å². The first kappa shape index (κ1) is 13.1. The number of nitrogens with one attached hydrogen (secondary N) is 1. The second-order valence-electron chi connectivity index (χ2n) is 3.80. The van der Waals surface area contributed by atoms with E-state index in [9.17, 15) is 13.2 Å². The minimum absolute atomic E-state index is 0.280. The van der Waals surface area contributed by atoms with Gasteiger partial charge in [-0.2, -0.15) is 0 Å². The van der Waals surface area contributed by atoms with Crippen molar-refractivity contribution >= 4 is 11.3 Å². The summed E-state index contributed by atoms with van der Waals surface area (Å²) >= 11 is 1.52. The minimum Gasteiger partial charge on any atom is -0.271 e. The van der Waals surface area contributed by atoms with E-state index >= 15 is 0 Å². The summed E-state index contributed by atoms with van der Waals surface area (Å²) in [6.07, 6.45) is 0.485. The number of halogens is 3. The van der Waals surface area contributed by atoms with Crippen LogP contribution in [0.1, 0.15) is 16.5 Å². The van der Waals surface area contributed by atoms with E-state index in [4.69, 9.17) is 5.84 Å². The van der Waals surface area contributed by atoms with Gasteiger partial charge in [-0.3, -0.25) is 11.3 Å². The minimum atomic E-state index is -1.47. The van der Waals surface area contributed by atoms with E-state index in [-0.39, 0.29) is 5.56 Å². The van der Waals surface area contributed by atoms with Crippen LogP contribution in [0, 0.1) is 17.5 Å². The van der Waals surface area contributed by atoms with Crippen molar-refractivity contribution in [3.05, 3.63) is 57.5 Å². The van der Waals surface area contributed by atoms with Gasteiger partial charge in [-0.05, 0) is 29.1 Å². The number of hydrogen-bond donors (Lipinski definition) is 2. The normalized spacial score (nSPS) is 12.7. The van der Waals surface area contributed by atoms with Crippen molar-refractivity contribution in [2.24, 2.45) is 5.84 Å². The van der Waals surface area contributed by atoms with E-state index in [0.29, 0.717) is 6.42 Å². The van der Waals surface area contributed by atoms with Gasteiger partial charge in [0, 0.05) is 11.3 Å². The molecular weight excluding hydrogens is 261 g/mol. The fraction of sp³-hybridized carbons (Fsp3) is 0.167. The molecule has 1 aromatic heterocycles. The van der Waals surface area contributed by atoms with Crippen LogP contribution in [0.25, 0.3) is 0 Å². The molecule has 1 atom stereocenters. The van der Waals surface area contributed by atoms with E-state index in [2.05, 4.69) is 5.43 Å². The molecule has 3 N–H and O–H groups in total. The molecule has 0 aliphatic rings. The highest BCUT2D eigenvalue weighted by molar-refractivity contribution is 7.09. The summed E-state index contributed by atoms with van der Waals surface area (Å²) in [5.74, 6) is 1.49. The first-order chi connectivity index (χ1) is 8.61. The lowest BCUT2D eigenvalue weighted by Crippen LogP contribution is -2.29. The van der Waals surface area contributed by atoms with Gasteiger partial charge < -0.3 is 0 Å². The van der Waals surface area contributed by atoms with E-state index < -0.39 is 23.5 Å². The molecule has 18 heavy (non-hydrogen) atoms. The van der Waals surface area contributed by atoms with Crippen molar-refractivity contribution < 1.29 is 13.2 Å². The lowest BCUT2D eigenvalue weighted by molar-refractivity contribution is 0.439. The molecule has 2 rings (SSSR count). The molecule has 6 heteroatoms. The third kappa shape index (κ3) is 2.72. The maximum atomic E-state index is 13.1. The molecule has 0 saturated carbocycles. The molecule has 0 aliphatic heterocycles. The van der Waals surface area contributed by atoms with Crippen molar-refractivity contribution in [3.63, 3.8) is 0 Å². The Morgan fingerprint density at radius 1 is 1.22 bits per heavy atom. The van der Waals surface area contributed by atoms with Gasteiger partial charge in [-0.1, -0.05) is 6.07 Å². The maximum absolute atomic E-state index is 13.1. The average molecular weight is 272 g/mol. The molecule has 0 amide bonds. The Labute approximate surface area is 106 Å². The zero-order chi connectivity index (χ0) is 13.1. The standard InChI is InChI=1S/C12H11F3N2S/c13-9-4-7(5-10(14)12(9)15)11(17-16)6-8-2-1-3-18-8/h1-5,11,17H,6,16H2. The van der Waals surface area contributed by atoms with Gasteiger partial charge in [0.15, 0.2) is 17.5 Å². The fourth-order valence-electron chi connectivity index (χ4n) is 1.68. The van der Waals surface area contributed by atoms with Crippen LogP contribution >= 0.6 is 11.3 Å². The zero-order valence-electron chi connectivity index (χ0n) is 9.29. The molecule has 96 valence electrons. The molecule has 1 unspecified atom stereocenters. The van der Waals surface area contributed by atoms with Gasteiger partial charge in [0.1, 0.15) is 0 Å². The summed E-state index contributed by atoms with van der Waals surface area (Å²) in [5, 5.41) is 1.90. The van der Waals surface area contributed by atoms with Crippen molar-refractivity contribution in [3.8, 4) is 0 Å². The highest BCUT2D eigenvalue weighted by Gasteiger charge is 2.17. The monoisotopic (exact) mass is 272 g/mol. The smallest absolute Gasteiger partial charge is 0.194 e. The second-order valence-corrected chi connectivity index (χ2v) is 4.83. The van der Waals surface area contributed by atoms with Crippen LogP contribution < -0.4 is 11.3 Å². The summed E-state index contributed by atoms with van der Waals surface area (Å²) in [6, 6.07) is 5.21. The fourth-order valence-corrected chi connectivity index (χ4v) is 2.43. The van der Waals surface area contributed by atoms with E-state index in [1.54, 1.807) is 0 Å². The first-order valence-corrected chi connectivity index (χ1v) is 6.12. The number of hydrogen-bond acceptors (Lipinski definition) is 3. The lowest BCUT2D eigenvalue weighted by atomic mass is 10.0. The van der Waals surface area contributed by atoms with E-state index in [1.165, 1.54) is 11.3 Å². The SMILES string of the molecule is NNC(Cc1cccs1)c1cc(F)c(F)c(F)c1. The quantitative estimate of drug-likeness (QED) is 0.510. The van der Waals surface area contributed by atoms with Crippen molar-refractivity contribution in [2.45, 2.75) is 12.5 Å². The molecule has 0 bridgehead atoms. The maximum Gasteiger partial charge on any atom is 0.194 e. The van der Waals surface area contributed by atoms with Gasteiger partial charge in [0.2, 0.25) is 0 Å². The number of rotatable bonds is 4. The Balaban J connectivity index is 2.27. The molecule has 0 fully saturated rings. The molecule has 0 saturated heterocycles. The van der Waals surface area contributed by atoms with Gasteiger partial charge in [0.05, 0.1) is 6.04 Å². The lowest BCUT2D eigenvalue weighted by Gasteiger charge is -2.16. The van der Waals surface area contributed by atoms with Crippen LogP contribution in [-0.2, 0) is 6.42 Å². The van der Waals surface area contributed by atoms with Crippen LogP contribution in [0.2, 0.25) is 0 Å². The Hall–Kier alpha value is -1.37. The molecular formula is C12H11F3N2S. The molecule has 1 aromatic carbocycles. The summed E-state index contributed by atoms with van der Waals surface area (Å²) in [5.41, 5.74) is 2.76. The Morgan fingerprint density at radius 2 is 1.89 bits per heavy atom. The number of benzene rings is 1. The van der Waals surface area contributed by atoms with E-state index in [1.807, 2.05) is 17.5 Å². The van der Waals surface area contributed by atoms with Crippen LogP contribution in [0.4, 0.5) is 13.2 Å². The third-order valence-corrected chi connectivity index (χ3v) is 3.49. The molecule has 2 nitrogen and oxygen atoms in total. The van der Waals surface area contributed by atoms with Crippen molar-refractivity contribution in [2.75, 3.05) is 0 Å². The second kappa shape index (κ2) is 5.51. The van der Waals surface area contributed by atoms with Gasteiger partial charge in [-0.25, -0.2) is 13.2 Å². The molecule has 0 spiro atoms. The van der Waals surface area contributed by atoms with Crippen LogP contribution in [0.5, 0.6) is 0 Å². The number of hydrazine groups is 1. The van der Waals surface area contributed by atoms with Crippen molar-refractivity contribution in [1.29, 1.82) is 0 Å². The number of nitrogens with two attached hydrogens (primary N) is 1. The summed E-state index contributed by atoms with van der Waals surface area (Å²) in [4.78, 5) is 1.02. The predicted molar refractivity (Wildman–Crippen MR) is 64.4 cm³/mol. The highest BCUT2D eigenvalue weighted by Crippen LogP contribution is 2.23. The topological polar surface area (TPSA) is 38.0 Å². The summed E-state index contributed by atoms with van der Waals surface area (Å²) in [7, 11) is 0. The molecule has 2 aromatic rings. The summed E-state index contributed by atoms with van der Waals surface area (Å²) < 4.78 is 39.1.